The van der Waals surface area contributed by atoms with E-state index in [1.807, 2.05) is 0 Å². The fraction of sp³-hybridized carbons (Fsp3) is 0.947. The minimum atomic E-state index is -0.657. The monoisotopic (exact) mass is 340 g/mol. The average molecular weight is 341 g/mol. The Bertz CT molecular complexity index is 381. The Morgan fingerprint density at radius 1 is 0.957 bits per heavy atom. The third-order valence-electron chi connectivity index (χ3n) is 5.93. The summed E-state index contributed by atoms with van der Waals surface area (Å²) >= 11 is 2.27. The summed E-state index contributed by atoms with van der Waals surface area (Å²) < 4.78 is 6.25. The maximum Gasteiger partial charge on any atom is 0.303 e. The summed E-state index contributed by atoms with van der Waals surface area (Å²) in [5.74, 6) is 0.107. The van der Waals surface area contributed by atoms with Gasteiger partial charge in [0.05, 0.1) is 12.2 Å². The molecule has 0 amide bonds. The van der Waals surface area contributed by atoms with Crippen molar-refractivity contribution in [2.45, 2.75) is 106 Å². The molecule has 0 spiro atoms. The van der Waals surface area contributed by atoms with Gasteiger partial charge in [-0.2, -0.15) is 11.8 Å². The first-order valence-corrected chi connectivity index (χ1v) is 10.7. The first kappa shape index (κ1) is 17.6. The van der Waals surface area contributed by atoms with Gasteiger partial charge in [-0.1, -0.05) is 38.5 Å². The summed E-state index contributed by atoms with van der Waals surface area (Å²) in [4.78, 5) is 10.5. The van der Waals surface area contributed by atoms with Crippen molar-refractivity contribution in [2.24, 2.45) is 5.92 Å². The Morgan fingerprint density at radius 2 is 1.70 bits per heavy atom. The summed E-state index contributed by atoms with van der Waals surface area (Å²) in [6.45, 7) is 0. The molecule has 1 aliphatic carbocycles. The van der Waals surface area contributed by atoms with Crippen molar-refractivity contribution in [1.82, 2.24) is 0 Å². The highest BCUT2D eigenvalue weighted by Crippen LogP contribution is 2.49. The number of ether oxygens (including phenoxy) is 1. The van der Waals surface area contributed by atoms with Gasteiger partial charge in [-0.05, 0) is 44.4 Å². The van der Waals surface area contributed by atoms with Crippen molar-refractivity contribution in [3.05, 3.63) is 0 Å². The number of unbranched alkanes of at least 4 members (excludes halogenated alkanes) is 3. The summed E-state index contributed by atoms with van der Waals surface area (Å²) in [7, 11) is 0. The molecule has 2 saturated heterocycles. The molecule has 3 fully saturated rings. The van der Waals surface area contributed by atoms with Crippen molar-refractivity contribution in [3.8, 4) is 0 Å². The van der Waals surface area contributed by atoms with Gasteiger partial charge in [0.15, 0.2) is 0 Å². The molecule has 0 unspecified atom stereocenters. The number of thioether (sulfide) groups is 1. The van der Waals surface area contributed by atoms with Crippen LogP contribution in [0.5, 0.6) is 0 Å². The van der Waals surface area contributed by atoms with E-state index in [2.05, 4.69) is 11.8 Å². The highest BCUT2D eigenvalue weighted by molar-refractivity contribution is 8.00. The first-order chi connectivity index (χ1) is 11.2. The van der Waals surface area contributed by atoms with Crippen LogP contribution in [0.25, 0.3) is 0 Å². The van der Waals surface area contributed by atoms with Crippen LogP contribution in [0, 0.1) is 5.92 Å². The molecular formula is C19H32O3S. The molecule has 2 bridgehead atoms. The second-order valence-corrected chi connectivity index (χ2v) is 9.14. The van der Waals surface area contributed by atoms with Crippen LogP contribution in [0.3, 0.4) is 0 Å². The van der Waals surface area contributed by atoms with E-state index in [0.29, 0.717) is 18.6 Å². The molecule has 1 saturated carbocycles. The van der Waals surface area contributed by atoms with Gasteiger partial charge in [0.2, 0.25) is 0 Å². The number of aliphatic carboxylic acids is 1. The largest absolute Gasteiger partial charge is 0.481 e. The fourth-order valence-corrected chi connectivity index (χ4v) is 6.64. The molecule has 23 heavy (non-hydrogen) atoms. The zero-order chi connectivity index (χ0) is 16.1. The van der Waals surface area contributed by atoms with E-state index in [1.165, 1.54) is 64.2 Å². The molecule has 132 valence electrons. The molecule has 3 nitrogen and oxygen atoms in total. The van der Waals surface area contributed by atoms with Crippen molar-refractivity contribution in [1.29, 1.82) is 0 Å². The number of hydrogen-bond acceptors (Lipinski definition) is 3. The van der Waals surface area contributed by atoms with Crippen LogP contribution in [-0.2, 0) is 9.53 Å². The van der Waals surface area contributed by atoms with Gasteiger partial charge in [-0.3, -0.25) is 4.79 Å². The SMILES string of the molecule is O=C(O)CCCCCC[C@H]1[C@@H](SC2CCCCC2)[C@H]2CC[C@@H]1O2. The third kappa shape index (κ3) is 4.88. The van der Waals surface area contributed by atoms with Crippen molar-refractivity contribution in [3.63, 3.8) is 0 Å². The zero-order valence-electron chi connectivity index (χ0n) is 14.3. The van der Waals surface area contributed by atoms with Crippen molar-refractivity contribution in [2.75, 3.05) is 0 Å². The minimum absolute atomic E-state index is 0.331. The Balaban J connectivity index is 1.40. The lowest BCUT2D eigenvalue weighted by Crippen LogP contribution is -2.32. The number of fused-ring (bicyclic) bond motifs is 2. The second kappa shape index (κ2) is 8.75. The average Bonchev–Trinajstić information content (AvgIpc) is 3.14. The number of carboxylic acids is 1. The highest BCUT2D eigenvalue weighted by atomic mass is 32.2. The number of carboxylic acid groups (broad SMARTS) is 1. The van der Waals surface area contributed by atoms with Crippen LogP contribution in [0.1, 0.15) is 83.5 Å². The van der Waals surface area contributed by atoms with E-state index in [-0.39, 0.29) is 0 Å². The standard InChI is InChI=1S/C19H32O3S/c20-18(21)11-7-2-1-6-10-15-16-12-13-17(22-16)19(15)23-14-8-4-3-5-9-14/h14-17,19H,1-13H2,(H,20,21)/t15-,16+,17-,19-/m1/s1. The van der Waals surface area contributed by atoms with Gasteiger partial charge in [-0.15, -0.1) is 0 Å². The van der Waals surface area contributed by atoms with Gasteiger partial charge < -0.3 is 9.84 Å². The van der Waals surface area contributed by atoms with Gasteiger partial charge in [-0.25, -0.2) is 0 Å². The topological polar surface area (TPSA) is 46.5 Å². The molecule has 0 aromatic heterocycles. The van der Waals surface area contributed by atoms with Crippen LogP contribution in [0.2, 0.25) is 0 Å². The Hall–Kier alpha value is -0.220. The Morgan fingerprint density at radius 3 is 2.48 bits per heavy atom. The van der Waals surface area contributed by atoms with Crippen molar-refractivity contribution >= 4 is 17.7 Å². The van der Waals surface area contributed by atoms with Gasteiger partial charge in [0.25, 0.3) is 0 Å². The third-order valence-corrected chi connectivity index (χ3v) is 7.75. The van der Waals surface area contributed by atoms with Crippen LogP contribution in [-0.4, -0.2) is 33.8 Å². The maximum absolute atomic E-state index is 10.5. The maximum atomic E-state index is 10.5. The predicted octanol–water partition coefficient (Wildman–Crippen LogP) is 5.02. The molecular weight excluding hydrogens is 308 g/mol. The number of hydrogen-bond donors (Lipinski definition) is 1. The molecule has 4 atom stereocenters. The van der Waals surface area contributed by atoms with Crippen LogP contribution in [0.4, 0.5) is 0 Å². The lowest BCUT2D eigenvalue weighted by molar-refractivity contribution is -0.137. The Labute approximate surface area is 144 Å². The lowest BCUT2D eigenvalue weighted by atomic mass is 9.85. The van der Waals surface area contributed by atoms with E-state index in [9.17, 15) is 4.79 Å². The predicted molar refractivity (Wildman–Crippen MR) is 95.0 cm³/mol. The first-order valence-electron chi connectivity index (χ1n) is 9.77. The van der Waals surface area contributed by atoms with Gasteiger partial charge in [0.1, 0.15) is 0 Å². The van der Waals surface area contributed by atoms with Gasteiger partial charge in [0, 0.05) is 16.9 Å². The molecule has 0 aromatic rings. The second-order valence-electron chi connectivity index (χ2n) is 7.66. The van der Waals surface area contributed by atoms with Crippen LogP contribution < -0.4 is 0 Å². The number of rotatable bonds is 9. The molecule has 3 aliphatic rings. The molecule has 0 radical (unpaired) electrons. The molecule has 4 heteroatoms. The van der Waals surface area contributed by atoms with E-state index in [4.69, 9.17) is 9.84 Å². The van der Waals surface area contributed by atoms with E-state index >= 15 is 0 Å². The van der Waals surface area contributed by atoms with Crippen molar-refractivity contribution < 1.29 is 14.6 Å². The van der Waals surface area contributed by atoms with Crippen LogP contribution >= 0.6 is 11.8 Å². The van der Waals surface area contributed by atoms with Crippen LogP contribution in [0.15, 0.2) is 0 Å². The van der Waals surface area contributed by atoms with E-state index in [0.717, 1.165) is 29.3 Å². The summed E-state index contributed by atoms with van der Waals surface area (Å²) in [6, 6.07) is 0. The molecule has 2 aliphatic heterocycles. The highest BCUT2D eigenvalue weighted by Gasteiger charge is 2.49. The minimum Gasteiger partial charge on any atom is -0.481 e. The van der Waals surface area contributed by atoms with E-state index < -0.39 is 5.97 Å². The molecule has 1 N–H and O–H groups in total. The molecule has 2 heterocycles. The zero-order valence-corrected chi connectivity index (χ0v) is 15.1. The molecule has 0 aromatic carbocycles. The normalized spacial score (nSPS) is 34.1. The summed E-state index contributed by atoms with van der Waals surface area (Å²) in [6.07, 6.45) is 16.7. The summed E-state index contributed by atoms with van der Waals surface area (Å²) in [5, 5.41) is 10.3. The van der Waals surface area contributed by atoms with E-state index in [1.54, 1.807) is 0 Å². The lowest BCUT2D eigenvalue weighted by Gasteiger charge is -2.32. The Kier molecular flexibility index (Phi) is 6.70. The summed E-state index contributed by atoms with van der Waals surface area (Å²) in [5.41, 5.74) is 0. The fourth-order valence-electron chi connectivity index (χ4n) is 4.71. The van der Waals surface area contributed by atoms with Gasteiger partial charge >= 0.3 is 5.97 Å². The smallest absolute Gasteiger partial charge is 0.303 e. The number of carbonyl (C=O) groups is 1. The quantitative estimate of drug-likeness (QED) is 0.598. The molecule has 3 rings (SSSR count).